The number of anilines is 1. The van der Waals surface area contributed by atoms with Crippen molar-refractivity contribution < 1.29 is 9.59 Å². The second-order valence-corrected chi connectivity index (χ2v) is 7.54. The lowest BCUT2D eigenvalue weighted by molar-refractivity contribution is -0.124. The predicted octanol–water partition coefficient (Wildman–Crippen LogP) is -0.461. The monoisotopic (exact) mass is 411 g/mol. The summed E-state index contributed by atoms with van der Waals surface area (Å²) in [5.41, 5.74) is 14.7. The van der Waals surface area contributed by atoms with Crippen LogP contribution in [0, 0.1) is 0 Å². The van der Waals surface area contributed by atoms with Crippen molar-refractivity contribution in [3.63, 3.8) is 0 Å². The number of nitrogens with two attached hydrogens (primary N) is 2. The summed E-state index contributed by atoms with van der Waals surface area (Å²) < 4.78 is 3.35. The van der Waals surface area contributed by atoms with Crippen LogP contribution in [0.25, 0.3) is 16.8 Å². The molecule has 0 saturated carbocycles. The Kier molecular flexibility index (Phi) is 5.36. The molecule has 4 rings (SSSR count). The molecule has 11 heteroatoms. The number of hydrogen-bond donors (Lipinski definition) is 4. The van der Waals surface area contributed by atoms with E-state index in [0.29, 0.717) is 24.4 Å². The number of aromatic nitrogens is 5. The van der Waals surface area contributed by atoms with E-state index in [1.165, 1.54) is 0 Å². The molecule has 2 atom stereocenters. The summed E-state index contributed by atoms with van der Waals surface area (Å²) in [4.78, 5) is 27.9. The highest BCUT2D eigenvalue weighted by atomic mass is 16.2. The molecule has 0 aliphatic carbocycles. The van der Waals surface area contributed by atoms with E-state index in [1.54, 1.807) is 21.6 Å². The number of aryl methyl sites for hydroxylation is 1. The number of nitrogens with zero attached hydrogens (tertiary/aromatic N) is 5. The van der Waals surface area contributed by atoms with Gasteiger partial charge in [0.1, 0.15) is 5.82 Å². The van der Waals surface area contributed by atoms with Gasteiger partial charge in [-0.25, -0.2) is 4.98 Å². The average Bonchev–Trinajstić information content (AvgIpc) is 3.34. The molecule has 3 aromatic heterocycles. The number of nitrogen functional groups attached to an aromatic ring is 1. The fourth-order valence-electron chi connectivity index (χ4n) is 3.74. The Bertz CT molecular complexity index is 1080. The normalized spacial score (nSPS) is 19.1. The smallest absolute Gasteiger partial charge is 0.237 e. The molecule has 3 aromatic rings. The number of amides is 2. The van der Waals surface area contributed by atoms with Crippen molar-refractivity contribution in [1.29, 1.82) is 0 Å². The van der Waals surface area contributed by atoms with Gasteiger partial charge in [-0.2, -0.15) is 14.7 Å². The molecule has 1 aliphatic rings. The lowest BCUT2D eigenvalue weighted by Gasteiger charge is -2.29. The van der Waals surface area contributed by atoms with E-state index in [-0.39, 0.29) is 30.8 Å². The van der Waals surface area contributed by atoms with Crippen LogP contribution in [0.5, 0.6) is 0 Å². The van der Waals surface area contributed by atoms with Gasteiger partial charge in [0, 0.05) is 55.9 Å². The summed E-state index contributed by atoms with van der Waals surface area (Å²) in [5, 5.41) is 14.6. The van der Waals surface area contributed by atoms with Crippen LogP contribution in [0.3, 0.4) is 0 Å². The largest absolute Gasteiger partial charge is 0.384 e. The fourth-order valence-corrected chi connectivity index (χ4v) is 3.74. The number of rotatable bonds is 6. The van der Waals surface area contributed by atoms with Gasteiger partial charge in [0.05, 0.1) is 24.1 Å². The molecule has 4 heterocycles. The average molecular weight is 411 g/mol. The van der Waals surface area contributed by atoms with E-state index in [1.807, 2.05) is 19.3 Å². The molecule has 11 nitrogen and oxygen atoms in total. The Morgan fingerprint density at radius 1 is 1.30 bits per heavy atom. The van der Waals surface area contributed by atoms with Crippen molar-refractivity contribution in [2.45, 2.75) is 31.2 Å². The van der Waals surface area contributed by atoms with E-state index >= 15 is 0 Å². The zero-order chi connectivity index (χ0) is 21.3. The summed E-state index contributed by atoms with van der Waals surface area (Å²) in [7, 11) is 1.86. The molecule has 158 valence electrons. The number of carbonyl (C=O) groups is 2. The van der Waals surface area contributed by atoms with Crippen LogP contribution in [0.4, 0.5) is 5.82 Å². The lowest BCUT2D eigenvalue weighted by atomic mass is 9.91. The first-order valence-electron chi connectivity index (χ1n) is 9.85. The Balaban J connectivity index is 1.48. The van der Waals surface area contributed by atoms with Crippen LogP contribution in [0.15, 0.2) is 24.7 Å². The zero-order valence-corrected chi connectivity index (χ0v) is 16.7. The number of primary amides is 1. The Morgan fingerprint density at radius 2 is 2.13 bits per heavy atom. The number of fused-ring (bicyclic) bond motifs is 1. The van der Waals surface area contributed by atoms with E-state index in [2.05, 4.69) is 20.8 Å². The van der Waals surface area contributed by atoms with Gasteiger partial charge in [0.25, 0.3) is 0 Å². The molecule has 0 unspecified atom stereocenters. The maximum Gasteiger partial charge on any atom is 0.237 e. The van der Waals surface area contributed by atoms with Crippen LogP contribution in [0.1, 0.15) is 30.9 Å². The predicted molar refractivity (Wildman–Crippen MR) is 110 cm³/mol. The van der Waals surface area contributed by atoms with Gasteiger partial charge in [0.2, 0.25) is 11.8 Å². The van der Waals surface area contributed by atoms with Crippen LogP contribution in [0.2, 0.25) is 0 Å². The molecule has 0 aromatic carbocycles. The topological polar surface area (TPSA) is 158 Å². The molecule has 6 N–H and O–H groups in total. The standard InChI is InChI=1S/C19H25N9O2/c1-27-10-12(8-24-27)13-9-25-28-16(20)6-15(26-18(13)28)11-2-3-14(23-7-11)19(30)22-5-4-17(21)29/h6,8-11,14,23H,2-5,7,20H2,1H3,(H2,21,29)(H,22,30)/t11-,14-/m0/s1. The van der Waals surface area contributed by atoms with Gasteiger partial charge < -0.3 is 22.1 Å². The zero-order valence-electron chi connectivity index (χ0n) is 16.7. The first-order valence-corrected chi connectivity index (χ1v) is 9.85. The van der Waals surface area contributed by atoms with Gasteiger partial charge in [-0.15, -0.1) is 0 Å². The van der Waals surface area contributed by atoms with Crippen molar-refractivity contribution >= 4 is 23.3 Å². The third-order valence-corrected chi connectivity index (χ3v) is 5.35. The van der Waals surface area contributed by atoms with Crippen molar-refractivity contribution in [1.82, 2.24) is 35.0 Å². The first-order chi connectivity index (χ1) is 14.4. The highest BCUT2D eigenvalue weighted by molar-refractivity contribution is 5.82. The molecule has 1 fully saturated rings. The number of nitrogens with one attached hydrogen (secondary N) is 2. The maximum atomic E-state index is 12.2. The lowest BCUT2D eigenvalue weighted by Crippen LogP contribution is -2.49. The summed E-state index contributed by atoms with van der Waals surface area (Å²) >= 11 is 0. The summed E-state index contributed by atoms with van der Waals surface area (Å²) in [6.07, 6.45) is 7.00. The minimum absolute atomic E-state index is 0.118. The quantitative estimate of drug-likeness (QED) is 0.427. The number of piperidine rings is 1. The summed E-state index contributed by atoms with van der Waals surface area (Å²) in [6.45, 7) is 0.857. The highest BCUT2D eigenvalue weighted by Gasteiger charge is 2.28. The van der Waals surface area contributed by atoms with Crippen molar-refractivity contribution in [2.24, 2.45) is 12.8 Å². The minimum atomic E-state index is -0.434. The molecule has 1 aliphatic heterocycles. The van der Waals surface area contributed by atoms with E-state index in [0.717, 1.165) is 23.2 Å². The second-order valence-electron chi connectivity index (χ2n) is 7.54. The number of carbonyl (C=O) groups excluding carboxylic acids is 2. The Labute approximate surface area is 172 Å². The third kappa shape index (κ3) is 3.96. The summed E-state index contributed by atoms with van der Waals surface area (Å²) in [5.74, 6) is 0.0869. The van der Waals surface area contributed by atoms with Crippen molar-refractivity contribution in [2.75, 3.05) is 18.8 Å². The van der Waals surface area contributed by atoms with Gasteiger partial charge in [0.15, 0.2) is 5.65 Å². The first kappa shape index (κ1) is 19.8. The van der Waals surface area contributed by atoms with Crippen molar-refractivity contribution in [3.8, 4) is 11.1 Å². The van der Waals surface area contributed by atoms with Gasteiger partial charge >= 0.3 is 0 Å². The van der Waals surface area contributed by atoms with Crippen LogP contribution in [-0.2, 0) is 16.6 Å². The molecule has 0 radical (unpaired) electrons. The van der Waals surface area contributed by atoms with E-state index in [9.17, 15) is 9.59 Å². The van der Waals surface area contributed by atoms with Crippen LogP contribution < -0.4 is 22.1 Å². The van der Waals surface area contributed by atoms with Gasteiger partial charge in [-0.3, -0.25) is 14.3 Å². The molecule has 1 saturated heterocycles. The highest BCUT2D eigenvalue weighted by Crippen LogP contribution is 2.29. The maximum absolute atomic E-state index is 12.2. The summed E-state index contributed by atoms with van der Waals surface area (Å²) in [6, 6.07) is 1.54. The Hall–Kier alpha value is -3.47. The Morgan fingerprint density at radius 3 is 2.80 bits per heavy atom. The SMILES string of the molecule is Cn1cc(-c2cnn3c(N)cc([C@H]4CC[C@@H](C(=O)NCCC(N)=O)NC4)nc23)cn1. The molecule has 30 heavy (non-hydrogen) atoms. The molecular weight excluding hydrogens is 386 g/mol. The molecule has 0 spiro atoms. The van der Waals surface area contributed by atoms with Gasteiger partial charge in [-0.05, 0) is 12.8 Å². The number of hydrogen-bond acceptors (Lipinski definition) is 7. The van der Waals surface area contributed by atoms with Crippen LogP contribution in [-0.4, -0.2) is 55.3 Å². The molecular formula is C19H25N9O2. The van der Waals surface area contributed by atoms with Crippen LogP contribution >= 0.6 is 0 Å². The van der Waals surface area contributed by atoms with Crippen molar-refractivity contribution in [3.05, 3.63) is 30.4 Å². The molecule has 2 amide bonds. The fraction of sp³-hybridized carbons (Fsp3) is 0.421. The van der Waals surface area contributed by atoms with Gasteiger partial charge in [-0.1, -0.05) is 0 Å². The third-order valence-electron chi connectivity index (χ3n) is 5.35. The van der Waals surface area contributed by atoms with E-state index in [4.69, 9.17) is 16.5 Å². The second kappa shape index (κ2) is 8.11. The minimum Gasteiger partial charge on any atom is -0.384 e. The van der Waals surface area contributed by atoms with E-state index < -0.39 is 5.91 Å². The molecule has 0 bridgehead atoms.